The summed E-state index contributed by atoms with van der Waals surface area (Å²) in [5.74, 6) is 0. The molecule has 2 aliphatic rings. The van der Waals surface area contributed by atoms with Crippen LogP contribution in [0.5, 0.6) is 0 Å². The van der Waals surface area contributed by atoms with Gasteiger partial charge in [0.1, 0.15) is 0 Å². The summed E-state index contributed by atoms with van der Waals surface area (Å²) < 4.78 is 0. The van der Waals surface area contributed by atoms with Crippen LogP contribution in [0.4, 0.5) is 0 Å². The minimum atomic E-state index is 0.384. The maximum absolute atomic E-state index is 6.02. The SMILES string of the molecule is CC(c1ccc(Cl)cc1)N1CCNCC12CCCCC2. The van der Waals surface area contributed by atoms with E-state index < -0.39 is 0 Å². The van der Waals surface area contributed by atoms with Crippen LogP contribution in [0.25, 0.3) is 0 Å². The third kappa shape index (κ3) is 2.74. The zero-order valence-electron chi connectivity index (χ0n) is 12.4. The molecule has 2 fully saturated rings. The fourth-order valence-corrected chi connectivity index (χ4v) is 4.18. The highest BCUT2D eigenvalue weighted by molar-refractivity contribution is 6.30. The lowest BCUT2D eigenvalue weighted by atomic mass is 9.78. The lowest BCUT2D eigenvalue weighted by Crippen LogP contribution is -2.62. The Labute approximate surface area is 127 Å². The second-order valence-corrected chi connectivity index (χ2v) is 6.82. The Hall–Kier alpha value is -0.570. The van der Waals surface area contributed by atoms with Crippen LogP contribution in [-0.4, -0.2) is 30.1 Å². The minimum Gasteiger partial charge on any atom is -0.314 e. The van der Waals surface area contributed by atoms with E-state index in [0.29, 0.717) is 11.6 Å². The fourth-order valence-electron chi connectivity index (χ4n) is 4.06. The Morgan fingerprint density at radius 3 is 2.55 bits per heavy atom. The summed E-state index contributed by atoms with van der Waals surface area (Å²) in [5, 5.41) is 4.46. The molecule has 1 aliphatic carbocycles. The van der Waals surface area contributed by atoms with Crippen LogP contribution in [0.2, 0.25) is 5.02 Å². The van der Waals surface area contributed by atoms with Gasteiger partial charge in [-0.05, 0) is 37.5 Å². The normalized spacial score (nSPS) is 24.7. The van der Waals surface area contributed by atoms with Crippen molar-refractivity contribution >= 4 is 11.6 Å². The maximum Gasteiger partial charge on any atom is 0.0406 e. The fraction of sp³-hybridized carbons (Fsp3) is 0.647. The number of benzene rings is 1. The van der Waals surface area contributed by atoms with Crippen molar-refractivity contribution < 1.29 is 0 Å². The molecule has 1 heterocycles. The van der Waals surface area contributed by atoms with Gasteiger partial charge in [0.25, 0.3) is 0 Å². The number of rotatable bonds is 2. The molecular weight excluding hydrogens is 268 g/mol. The lowest BCUT2D eigenvalue weighted by molar-refractivity contribution is -0.00278. The van der Waals surface area contributed by atoms with Crippen LogP contribution in [0.3, 0.4) is 0 Å². The smallest absolute Gasteiger partial charge is 0.0406 e. The summed E-state index contributed by atoms with van der Waals surface area (Å²) in [6, 6.07) is 8.89. The summed E-state index contributed by atoms with van der Waals surface area (Å²) in [5.41, 5.74) is 1.77. The Balaban J connectivity index is 1.83. The molecule has 1 unspecified atom stereocenters. The molecule has 0 radical (unpaired) electrons. The van der Waals surface area contributed by atoms with Crippen molar-refractivity contribution in [3.63, 3.8) is 0 Å². The van der Waals surface area contributed by atoms with E-state index in [9.17, 15) is 0 Å². The van der Waals surface area contributed by atoms with Crippen LogP contribution in [0.1, 0.15) is 50.6 Å². The summed E-state index contributed by atoms with van der Waals surface area (Å²) in [7, 11) is 0. The first-order valence-corrected chi connectivity index (χ1v) is 8.32. The van der Waals surface area contributed by atoms with Gasteiger partial charge in [-0.3, -0.25) is 4.90 Å². The number of hydrogen-bond acceptors (Lipinski definition) is 2. The quantitative estimate of drug-likeness (QED) is 0.886. The molecule has 1 saturated carbocycles. The Kier molecular flexibility index (Phi) is 4.34. The maximum atomic E-state index is 6.02. The second-order valence-electron chi connectivity index (χ2n) is 6.38. The van der Waals surface area contributed by atoms with Crippen molar-refractivity contribution in [1.29, 1.82) is 0 Å². The molecule has 1 aliphatic heterocycles. The van der Waals surface area contributed by atoms with E-state index in [1.165, 1.54) is 37.7 Å². The molecular formula is C17H25ClN2. The highest BCUT2D eigenvalue weighted by atomic mass is 35.5. The van der Waals surface area contributed by atoms with Gasteiger partial charge in [0.05, 0.1) is 0 Å². The monoisotopic (exact) mass is 292 g/mol. The van der Waals surface area contributed by atoms with Crippen molar-refractivity contribution in [2.75, 3.05) is 19.6 Å². The summed E-state index contributed by atoms with van der Waals surface area (Å²) in [6.45, 7) is 5.78. The Morgan fingerprint density at radius 2 is 1.85 bits per heavy atom. The number of piperazine rings is 1. The average Bonchev–Trinajstić information content (AvgIpc) is 2.49. The van der Waals surface area contributed by atoms with Crippen molar-refractivity contribution in [3.8, 4) is 0 Å². The van der Waals surface area contributed by atoms with Crippen molar-refractivity contribution in [1.82, 2.24) is 10.2 Å². The summed E-state index contributed by atoms with van der Waals surface area (Å²) >= 11 is 6.02. The zero-order valence-corrected chi connectivity index (χ0v) is 13.1. The van der Waals surface area contributed by atoms with Gasteiger partial charge >= 0.3 is 0 Å². The molecule has 1 N–H and O–H groups in total. The van der Waals surface area contributed by atoms with Crippen LogP contribution in [-0.2, 0) is 0 Å². The molecule has 1 aromatic carbocycles. The van der Waals surface area contributed by atoms with Gasteiger partial charge in [-0.2, -0.15) is 0 Å². The number of nitrogens with zero attached hydrogens (tertiary/aromatic N) is 1. The van der Waals surface area contributed by atoms with Crippen molar-refractivity contribution in [2.45, 2.75) is 50.6 Å². The Morgan fingerprint density at radius 1 is 1.15 bits per heavy atom. The van der Waals surface area contributed by atoms with Crippen LogP contribution >= 0.6 is 11.6 Å². The first kappa shape index (κ1) is 14.4. The average molecular weight is 293 g/mol. The second kappa shape index (κ2) is 6.05. The number of hydrogen-bond donors (Lipinski definition) is 1. The summed E-state index contributed by atoms with van der Waals surface area (Å²) in [6.07, 6.45) is 6.86. The van der Waals surface area contributed by atoms with Gasteiger partial charge in [0, 0.05) is 36.2 Å². The highest BCUT2D eigenvalue weighted by Gasteiger charge is 2.41. The van der Waals surface area contributed by atoms with Gasteiger partial charge in [-0.15, -0.1) is 0 Å². The standard InChI is InChI=1S/C17H25ClN2/c1-14(15-5-7-16(18)8-6-15)20-12-11-19-13-17(20)9-3-2-4-10-17/h5-8,14,19H,2-4,9-13H2,1H3. The van der Waals surface area contributed by atoms with Gasteiger partial charge < -0.3 is 5.32 Å². The molecule has 20 heavy (non-hydrogen) atoms. The zero-order chi connectivity index (χ0) is 14.0. The molecule has 1 aromatic rings. The van der Waals surface area contributed by atoms with E-state index in [0.717, 1.165) is 24.7 Å². The molecule has 1 spiro atoms. The molecule has 0 bridgehead atoms. The molecule has 0 aromatic heterocycles. The molecule has 2 nitrogen and oxygen atoms in total. The molecule has 110 valence electrons. The first-order valence-electron chi connectivity index (χ1n) is 7.94. The molecule has 0 amide bonds. The predicted molar refractivity (Wildman–Crippen MR) is 85.3 cm³/mol. The van der Waals surface area contributed by atoms with E-state index >= 15 is 0 Å². The van der Waals surface area contributed by atoms with Gasteiger partial charge in [-0.25, -0.2) is 0 Å². The molecule has 3 heteroatoms. The van der Waals surface area contributed by atoms with Gasteiger partial charge in [0.15, 0.2) is 0 Å². The lowest BCUT2D eigenvalue weighted by Gasteiger charge is -2.52. The van der Waals surface area contributed by atoms with E-state index in [2.05, 4.69) is 29.3 Å². The van der Waals surface area contributed by atoms with Crippen LogP contribution in [0, 0.1) is 0 Å². The third-order valence-corrected chi connectivity index (χ3v) is 5.45. The number of halogens is 1. The topological polar surface area (TPSA) is 15.3 Å². The molecule has 1 saturated heterocycles. The van der Waals surface area contributed by atoms with E-state index in [-0.39, 0.29) is 0 Å². The summed E-state index contributed by atoms with van der Waals surface area (Å²) in [4.78, 5) is 2.76. The van der Waals surface area contributed by atoms with Gasteiger partial charge in [0.2, 0.25) is 0 Å². The van der Waals surface area contributed by atoms with E-state index in [1.54, 1.807) is 0 Å². The van der Waals surface area contributed by atoms with Gasteiger partial charge in [-0.1, -0.05) is 43.0 Å². The molecule has 1 atom stereocenters. The van der Waals surface area contributed by atoms with Crippen LogP contribution in [0.15, 0.2) is 24.3 Å². The highest BCUT2D eigenvalue weighted by Crippen LogP contribution is 2.39. The van der Waals surface area contributed by atoms with E-state index in [4.69, 9.17) is 11.6 Å². The minimum absolute atomic E-state index is 0.384. The predicted octanol–water partition coefficient (Wildman–Crippen LogP) is 4.01. The first-order chi connectivity index (χ1) is 9.71. The third-order valence-electron chi connectivity index (χ3n) is 5.20. The molecule has 3 rings (SSSR count). The Bertz CT molecular complexity index is 429. The van der Waals surface area contributed by atoms with E-state index in [1.807, 2.05) is 12.1 Å². The largest absolute Gasteiger partial charge is 0.314 e. The number of nitrogens with one attached hydrogen (secondary N) is 1. The van der Waals surface area contributed by atoms with Crippen molar-refractivity contribution in [3.05, 3.63) is 34.9 Å². The van der Waals surface area contributed by atoms with Crippen molar-refractivity contribution in [2.24, 2.45) is 0 Å². The van der Waals surface area contributed by atoms with Crippen LogP contribution < -0.4 is 5.32 Å².